The lowest BCUT2D eigenvalue weighted by atomic mass is 9.83. The minimum Gasteiger partial charge on any atom is -0.314 e. The van der Waals surface area contributed by atoms with E-state index < -0.39 is 9.84 Å². The van der Waals surface area contributed by atoms with Crippen molar-refractivity contribution >= 4 is 9.84 Å². The van der Waals surface area contributed by atoms with Crippen LogP contribution in [0.25, 0.3) is 0 Å². The van der Waals surface area contributed by atoms with E-state index in [0.717, 1.165) is 18.9 Å². The van der Waals surface area contributed by atoms with Crippen LogP contribution in [0, 0.1) is 11.8 Å². The van der Waals surface area contributed by atoms with E-state index in [1.165, 1.54) is 38.5 Å². The summed E-state index contributed by atoms with van der Waals surface area (Å²) in [7, 11) is -2.70. The van der Waals surface area contributed by atoms with Gasteiger partial charge in [-0.2, -0.15) is 0 Å². The predicted octanol–water partition coefficient (Wildman–Crippen LogP) is 2.37. The second-order valence-electron chi connectivity index (χ2n) is 6.18. The molecule has 18 heavy (non-hydrogen) atoms. The van der Waals surface area contributed by atoms with E-state index in [-0.39, 0.29) is 0 Å². The van der Waals surface area contributed by atoms with Crippen LogP contribution in [0.4, 0.5) is 0 Å². The molecule has 0 spiro atoms. The molecular weight excluding hydrogens is 246 g/mol. The zero-order chi connectivity index (χ0) is 13.0. The van der Waals surface area contributed by atoms with E-state index in [2.05, 4.69) is 12.2 Å². The van der Waals surface area contributed by atoms with Gasteiger partial charge in [0.1, 0.15) is 0 Å². The molecular formula is C14H27NO2S. The van der Waals surface area contributed by atoms with Crippen molar-refractivity contribution in [2.24, 2.45) is 11.8 Å². The number of sulfone groups is 1. The van der Waals surface area contributed by atoms with E-state index in [9.17, 15) is 8.42 Å². The largest absolute Gasteiger partial charge is 0.314 e. The molecule has 1 saturated heterocycles. The summed E-state index contributed by atoms with van der Waals surface area (Å²) < 4.78 is 22.8. The highest BCUT2D eigenvalue weighted by Crippen LogP contribution is 2.28. The van der Waals surface area contributed by atoms with Gasteiger partial charge in [0.05, 0.1) is 11.5 Å². The van der Waals surface area contributed by atoms with Gasteiger partial charge in [0.15, 0.2) is 9.84 Å². The molecule has 0 radical (unpaired) electrons. The quantitative estimate of drug-likeness (QED) is 0.836. The first-order valence-corrected chi connectivity index (χ1v) is 9.35. The van der Waals surface area contributed by atoms with Crippen LogP contribution in [0.2, 0.25) is 0 Å². The molecule has 0 aromatic heterocycles. The van der Waals surface area contributed by atoms with Gasteiger partial charge in [-0.3, -0.25) is 0 Å². The number of rotatable bonds is 5. The molecule has 2 aliphatic rings. The summed E-state index contributed by atoms with van der Waals surface area (Å²) in [6.45, 7) is 3.17. The predicted molar refractivity (Wildman–Crippen MR) is 75.4 cm³/mol. The molecule has 3 nitrogen and oxygen atoms in total. The molecule has 1 N–H and O–H groups in total. The zero-order valence-corrected chi connectivity index (χ0v) is 12.3. The fraction of sp³-hybridized carbons (Fsp3) is 1.00. The van der Waals surface area contributed by atoms with Crippen LogP contribution < -0.4 is 5.32 Å². The Morgan fingerprint density at radius 3 is 2.33 bits per heavy atom. The maximum atomic E-state index is 11.4. The van der Waals surface area contributed by atoms with Gasteiger partial charge in [-0.05, 0) is 50.5 Å². The fourth-order valence-electron chi connectivity index (χ4n) is 3.43. The molecule has 2 rings (SSSR count). The van der Waals surface area contributed by atoms with Gasteiger partial charge in [-0.15, -0.1) is 0 Å². The highest BCUT2D eigenvalue weighted by atomic mass is 32.2. The lowest BCUT2D eigenvalue weighted by molar-refractivity contribution is 0.272. The Morgan fingerprint density at radius 2 is 1.78 bits per heavy atom. The minimum atomic E-state index is -2.70. The summed E-state index contributed by atoms with van der Waals surface area (Å²) in [5.74, 6) is 2.12. The second-order valence-corrected chi connectivity index (χ2v) is 8.41. The third-order valence-corrected chi connectivity index (χ3v) is 6.40. The zero-order valence-electron chi connectivity index (χ0n) is 11.5. The summed E-state index contributed by atoms with van der Waals surface area (Å²) in [5, 5.41) is 3.60. The molecule has 4 heteroatoms. The molecule has 0 amide bonds. The molecule has 106 valence electrons. The summed E-state index contributed by atoms with van der Waals surface area (Å²) >= 11 is 0. The standard InChI is InChI=1S/C14H27NO2S/c1-2-3-12-4-6-14(7-5-12)15-10-13-8-9-18(16,17)11-13/h12-15H,2-11H2,1H3. The number of hydrogen-bond acceptors (Lipinski definition) is 3. The van der Waals surface area contributed by atoms with Crippen molar-refractivity contribution in [1.82, 2.24) is 5.32 Å². The monoisotopic (exact) mass is 273 g/mol. The first kappa shape index (κ1) is 14.3. The average molecular weight is 273 g/mol. The molecule has 0 bridgehead atoms. The smallest absolute Gasteiger partial charge is 0.150 e. The topological polar surface area (TPSA) is 46.2 Å². The van der Waals surface area contributed by atoms with Crippen LogP contribution in [-0.4, -0.2) is 32.5 Å². The van der Waals surface area contributed by atoms with Crippen molar-refractivity contribution in [2.75, 3.05) is 18.1 Å². The first-order chi connectivity index (χ1) is 8.59. The lowest BCUT2D eigenvalue weighted by Crippen LogP contribution is -2.36. The fourth-order valence-corrected chi connectivity index (χ4v) is 5.29. The van der Waals surface area contributed by atoms with E-state index in [1.807, 2.05) is 0 Å². The number of hydrogen-bond donors (Lipinski definition) is 1. The molecule has 2 fully saturated rings. The van der Waals surface area contributed by atoms with Crippen molar-refractivity contribution in [3.8, 4) is 0 Å². The average Bonchev–Trinajstić information content (AvgIpc) is 2.69. The van der Waals surface area contributed by atoms with E-state index in [4.69, 9.17) is 0 Å². The molecule has 1 unspecified atom stereocenters. The Balaban J connectivity index is 1.64. The molecule has 1 saturated carbocycles. The maximum absolute atomic E-state index is 11.4. The Hall–Kier alpha value is -0.0900. The summed E-state index contributed by atoms with van der Waals surface area (Å²) in [6, 6.07) is 0.640. The summed E-state index contributed by atoms with van der Waals surface area (Å²) in [4.78, 5) is 0. The second kappa shape index (κ2) is 6.38. The van der Waals surface area contributed by atoms with Gasteiger partial charge in [0, 0.05) is 6.04 Å². The van der Waals surface area contributed by atoms with E-state index in [0.29, 0.717) is 23.5 Å². The van der Waals surface area contributed by atoms with Gasteiger partial charge < -0.3 is 5.32 Å². The Morgan fingerprint density at radius 1 is 1.06 bits per heavy atom. The van der Waals surface area contributed by atoms with E-state index >= 15 is 0 Å². The normalized spacial score (nSPS) is 35.7. The van der Waals surface area contributed by atoms with Crippen LogP contribution in [0.1, 0.15) is 51.9 Å². The van der Waals surface area contributed by atoms with Gasteiger partial charge in [-0.25, -0.2) is 8.42 Å². The first-order valence-electron chi connectivity index (χ1n) is 7.53. The van der Waals surface area contributed by atoms with Crippen molar-refractivity contribution in [3.63, 3.8) is 0 Å². The van der Waals surface area contributed by atoms with Gasteiger partial charge in [-0.1, -0.05) is 19.8 Å². The Labute approximate surface area is 112 Å². The highest BCUT2D eigenvalue weighted by Gasteiger charge is 2.28. The third-order valence-electron chi connectivity index (χ3n) is 4.57. The molecule has 0 aromatic carbocycles. The summed E-state index contributed by atoms with van der Waals surface area (Å²) in [6.07, 6.45) is 8.83. The minimum absolute atomic E-state index is 0.364. The summed E-state index contributed by atoms with van der Waals surface area (Å²) in [5.41, 5.74) is 0. The molecule has 1 heterocycles. The highest BCUT2D eigenvalue weighted by molar-refractivity contribution is 7.91. The van der Waals surface area contributed by atoms with Crippen LogP contribution in [0.5, 0.6) is 0 Å². The molecule has 0 aromatic rings. The van der Waals surface area contributed by atoms with Crippen LogP contribution >= 0.6 is 0 Å². The van der Waals surface area contributed by atoms with E-state index in [1.54, 1.807) is 0 Å². The van der Waals surface area contributed by atoms with Gasteiger partial charge in [0.2, 0.25) is 0 Å². The lowest BCUT2D eigenvalue weighted by Gasteiger charge is -2.29. The Kier molecular flexibility index (Phi) is 5.07. The number of nitrogens with one attached hydrogen (secondary N) is 1. The Bertz CT molecular complexity index is 345. The van der Waals surface area contributed by atoms with Crippen LogP contribution in [-0.2, 0) is 9.84 Å². The molecule has 1 aliphatic heterocycles. The van der Waals surface area contributed by atoms with Crippen LogP contribution in [0.15, 0.2) is 0 Å². The van der Waals surface area contributed by atoms with Crippen molar-refractivity contribution in [2.45, 2.75) is 57.9 Å². The van der Waals surface area contributed by atoms with Crippen LogP contribution in [0.3, 0.4) is 0 Å². The molecule has 1 atom stereocenters. The van der Waals surface area contributed by atoms with Gasteiger partial charge >= 0.3 is 0 Å². The van der Waals surface area contributed by atoms with Gasteiger partial charge in [0.25, 0.3) is 0 Å². The third kappa shape index (κ3) is 4.23. The maximum Gasteiger partial charge on any atom is 0.150 e. The van der Waals surface area contributed by atoms with Crippen molar-refractivity contribution < 1.29 is 8.42 Å². The molecule has 1 aliphatic carbocycles. The SMILES string of the molecule is CCCC1CCC(NCC2CCS(=O)(=O)C2)CC1. The van der Waals surface area contributed by atoms with Crippen molar-refractivity contribution in [1.29, 1.82) is 0 Å². The van der Waals surface area contributed by atoms with Crippen molar-refractivity contribution in [3.05, 3.63) is 0 Å².